The smallest absolute Gasteiger partial charge is 0.288 e. The molecule has 0 aliphatic carbocycles. The van der Waals surface area contributed by atoms with Crippen LogP contribution in [0.15, 0.2) is 51.9 Å². The average molecular weight is 363 g/mol. The Morgan fingerprint density at radius 2 is 2.07 bits per heavy atom. The van der Waals surface area contributed by atoms with E-state index in [1.54, 1.807) is 24.1 Å². The van der Waals surface area contributed by atoms with Crippen molar-refractivity contribution in [1.29, 1.82) is 0 Å². The van der Waals surface area contributed by atoms with Gasteiger partial charge in [-0.1, -0.05) is 5.10 Å². The van der Waals surface area contributed by atoms with E-state index in [-0.39, 0.29) is 5.56 Å². The van der Waals surface area contributed by atoms with E-state index in [1.165, 1.54) is 0 Å². The van der Waals surface area contributed by atoms with Crippen molar-refractivity contribution >= 4 is 11.6 Å². The van der Waals surface area contributed by atoms with Crippen LogP contribution in [-0.2, 0) is 0 Å². The minimum atomic E-state index is -0.534. The van der Waals surface area contributed by atoms with Crippen LogP contribution in [0.25, 0.3) is 11.3 Å². The van der Waals surface area contributed by atoms with Crippen molar-refractivity contribution in [2.24, 2.45) is 0 Å². The Bertz CT molecular complexity index is 1160. The van der Waals surface area contributed by atoms with E-state index in [0.717, 1.165) is 11.3 Å². The molecule has 27 heavy (non-hydrogen) atoms. The van der Waals surface area contributed by atoms with Crippen LogP contribution in [-0.4, -0.2) is 37.5 Å². The number of hydrogen-bond donors (Lipinski definition) is 2. The number of tetrazole rings is 1. The minimum Gasteiger partial charge on any atom is -0.497 e. The topological polar surface area (TPSA) is 124 Å². The number of nitrogens with zero attached hydrogens (tertiary/aromatic N) is 5. The number of aromatic amines is 1. The number of hydrogen-bond acceptors (Lipinski definition) is 8. The predicted molar refractivity (Wildman–Crippen MR) is 93.9 cm³/mol. The molecule has 4 aromatic rings. The zero-order valence-corrected chi connectivity index (χ0v) is 14.1. The van der Waals surface area contributed by atoms with Gasteiger partial charge in [0, 0.05) is 11.1 Å². The molecule has 0 saturated carbocycles. The van der Waals surface area contributed by atoms with Gasteiger partial charge in [0.2, 0.25) is 5.95 Å². The first kappa shape index (κ1) is 15.3. The Morgan fingerprint density at radius 1 is 1.22 bits per heavy atom. The number of furan rings is 1. The zero-order valence-electron chi connectivity index (χ0n) is 14.1. The Balaban J connectivity index is 1.78. The van der Waals surface area contributed by atoms with Crippen LogP contribution in [0.2, 0.25) is 0 Å². The molecule has 0 amide bonds. The van der Waals surface area contributed by atoms with Gasteiger partial charge in [0.25, 0.3) is 5.56 Å². The Hall–Kier alpha value is -3.95. The first-order valence-corrected chi connectivity index (χ1v) is 8.11. The highest BCUT2D eigenvalue weighted by atomic mass is 16.5. The molecule has 10 heteroatoms. The Labute approximate surface area is 151 Å². The highest BCUT2D eigenvalue weighted by Gasteiger charge is 2.35. The third-order valence-electron chi connectivity index (χ3n) is 4.44. The van der Waals surface area contributed by atoms with Crippen LogP contribution >= 0.6 is 0 Å². The van der Waals surface area contributed by atoms with Crippen molar-refractivity contribution < 1.29 is 9.15 Å². The first-order chi connectivity index (χ1) is 13.3. The molecule has 4 heterocycles. The fraction of sp³-hybridized carbons (Fsp3) is 0.118. The molecule has 1 aliphatic heterocycles. The number of fused-ring (bicyclic) bond motifs is 2. The summed E-state index contributed by atoms with van der Waals surface area (Å²) in [6.45, 7) is 0. The molecule has 2 N–H and O–H groups in total. The van der Waals surface area contributed by atoms with E-state index >= 15 is 0 Å². The van der Waals surface area contributed by atoms with Crippen molar-refractivity contribution in [2.45, 2.75) is 6.04 Å². The average Bonchev–Trinajstić information content (AvgIpc) is 3.39. The highest BCUT2D eigenvalue weighted by Crippen LogP contribution is 2.41. The number of rotatable bonds is 3. The molecule has 0 unspecified atom stereocenters. The first-order valence-electron chi connectivity index (χ1n) is 8.11. The van der Waals surface area contributed by atoms with Gasteiger partial charge in [-0.05, 0) is 46.8 Å². The third kappa shape index (κ3) is 2.30. The molecule has 0 fully saturated rings. The predicted octanol–water partition coefficient (Wildman–Crippen LogP) is 1.72. The molecule has 0 saturated heterocycles. The van der Waals surface area contributed by atoms with E-state index in [2.05, 4.69) is 31.0 Å². The van der Waals surface area contributed by atoms with E-state index in [0.29, 0.717) is 28.7 Å². The van der Waals surface area contributed by atoms with Gasteiger partial charge >= 0.3 is 0 Å². The highest BCUT2D eigenvalue weighted by molar-refractivity contribution is 5.75. The zero-order chi connectivity index (χ0) is 18.4. The van der Waals surface area contributed by atoms with Gasteiger partial charge in [-0.15, -0.1) is 0 Å². The van der Waals surface area contributed by atoms with Crippen LogP contribution in [0.5, 0.6) is 5.75 Å². The fourth-order valence-corrected chi connectivity index (χ4v) is 3.22. The second kappa shape index (κ2) is 5.80. The minimum absolute atomic E-state index is 0.333. The molecule has 1 aliphatic rings. The second-order valence-electron chi connectivity index (χ2n) is 5.91. The van der Waals surface area contributed by atoms with Gasteiger partial charge in [-0.2, -0.15) is 9.78 Å². The van der Waals surface area contributed by atoms with E-state index < -0.39 is 6.04 Å². The third-order valence-corrected chi connectivity index (χ3v) is 4.44. The van der Waals surface area contributed by atoms with Gasteiger partial charge in [0.15, 0.2) is 0 Å². The maximum Gasteiger partial charge on any atom is 0.288 e. The van der Waals surface area contributed by atoms with Crippen LogP contribution in [0.4, 0.5) is 11.6 Å². The molecule has 134 valence electrons. The second-order valence-corrected chi connectivity index (χ2v) is 5.91. The molecular formula is C17H13N7O3. The number of H-pyrrole nitrogens is 1. The quantitative estimate of drug-likeness (QED) is 0.496. The molecule has 0 bridgehead atoms. The van der Waals surface area contributed by atoms with Gasteiger partial charge in [0.1, 0.15) is 23.2 Å². The number of nitrogens with one attached hydrogen (secondary N) is 2. The maximum absolute atomic E-state index is 12.5. The summed E-state index contributed by atoms with van der Waals surface area (Å²) in [6.07, 6.45) is 1.56. The van der Waals surface area contributed by atoms with Crippen molar-refractivity contribution in [3.63, 3.8) is 0 Å². The summed E-state index contributed by atoms with van der Waals surface area (Å²) in [4.78, 5) is 12.5. The van der Waals surface area contributed by atoms with E-state index in [9.17, 15) is 4.79 Å². The van der Waals surface area contributed by atoms with Crippen LogP contribution in [0.1, 0.15) is 17.4 Å². The largest absolute Gasteiger partial charge is 0.497 e. The molecule has 10 nitrogen and oxygen atoms in total. The normalized spacial score (nSPS) is 14.9. The summed E-state index contributed by atoms with van der Waals surface area (Å²) >= 11 is 0. The SMILES string of the molecule is COc1ccc(-c2n[nH]c(=O)c3c2[C@H](c2ccco2)n2nnnc2N3)cc1. The Kier molecular flexibility index (Phi) is 3.29. The van der Waals surface area contributed by atoms with Crippen molar-refractivity contribution in [2.75, 3.05) is 12.4 Å². The van der Waals surface area contributed by atoms with Gasteiger partial charge in [0.05, 0.1) is 19.1 Å². The summed E-state index contributed by atoms with van der Waals surface area (Å²) in [5.74, 6) is 1.66. The number of ether oxygens (including phenoxy) is 1. The molecule has 5 rings (SSSR count). The summed E-state index contributed by atoms with van der Waals surface area (Å²) in [5, 5.41) is 21.5. The lowest BCUT2D eigenvalue weighted by Crippen LogP contribution is -2.28. The van der Waals surface area contributed by atoms with E-state index in [1.807, 2.05) is 30.3 Å². The number of aromatic nitrogens is 6. The van der Waals surface area contributed by atoms with Crippen molar-refractivity contribution in [3.05, 3.63) is 64.3 Å². The summed E-state index contributed by atoms with van der Waals surface area (Å²) in [6, 6.07) is 10.4. The molecule has 1 aromatic carbocycles. The molecule has 1 atom stereocenters. The fourth-order valence-electron chi connectivity index (χ4n) is 3.22. The van der Waals surface area contributed by atoms with Crippen molar-refractivity contribution in [1.82, 2.24) is 30.4 Å². The van der Waals surface area contributed by atoms with Crippen LogP contribution in [0, 0.1) is 0 Å². The lowest BCUT2D eigenvalue weighted by molar-refractivity contribution is 0.415. The van der Waals surface area contributed by atoms with Gasteiger partial charge in [-0.25, -0.2) is 5.10 Å². The standard InChI is InChI=1S/C17H13N7O3/c1-26-10-6-4-9(5-7-10)13-12-14(16(25)20-19-13)18-17-21-22-23-24(17)15(12)11-3-2-8-27-11/h2-8,15H,1H3,(H,20,25)(H,18,21,23)/t15-/m0/s1. The lowest BCUT2D eigenvalue weighted by Gasteiger charge is -2.26. The van der Waals surface area contributed by atoms with Crippen LogP contribution < -0.4 is 15.6 Å². The number of methoxy groups -OCH3 is 1. The van der Waals surface area contributed by atoms with Gasteiger partial charge in [-0.3, -0.25) is 4.79 Å². The van der Waals surface area contributed by atoms with Crippen LogP contribution in [0.3, 0.4) is 0 Å². The van der Waals surface area contributed by atoms with E-state index in [4.69, 9.17) is 9.15 Å². The Morgan fingerprint density at radius 3 is 2.81 bits per heavy atom. The summed E-state index contributed by atoms with van der Waals surface area (Å²) in [7, 11) is 1.60. The molecule has 3 aromatic heterocycles. The monoisotopic (exact) mass is 363 g/mol. The summed E-state index contributed by atoms with van der Waals surface area (Å²) in [5.41, 5.74) is 1.98. The maximum atomic E-state index is 12.5. The molecule has 0 spiro atoms. The van der Waals surface area contributed by atoms with Crippen molar-refractivity contribution in [3.8, 4) is 17.0 Å². The number of anilines is 2. The summed E-state index contributed by atoms with van der Waals surface area (Å²) < 4.78 is 12.4. The number of benzene rings is 1. The lowest BCUT2D eigenvalue weighted by atomic mass is 9.96. The molecule has 0 radical (unpaired) electrons. The molecular weight excluding hydrogens is 350 g/mol. The van der Waals surface area contributed by atoms with Gasteiger partial charge < -0.3 is 14.5 Å².